The first kappa shape index (κ1) is 9.61. The molecule has 1 aromatic heterocycles. The Hall–Kier alpha value is -0.480. The van der Waals surface area contributed by atoms with Gasteiger partial charge >= 0.3 is 0 Å². The van der Waals surface area contributed by atoms with Crippen LogP contribution in [0.3, 0.4) is 0 Å². The van der Waals surface area contributed by atoms with Crippen LogP contribution in [-0.2, 0) is 13.1 Å². The van der Waals surface area contributed by atoms with Crippen molar-refractivity contribution >= 4 is 11.8 Å². The summed E-state index contributed by atoms with van der Waals surface area (Å²) in [5, 5.41) is 0. The van der Waals surface area contributed by atoms with Crippen molar-refractivity contribution in [2.24, 2.45) is 5.73 Å². The highest BCUT2D eigenvalue weighted by Gasteiger charge is 1.94. The Morgan fingerprint density at radius 3 is 3.08 bits per heavy atom. The molecule has 0 amide bonds. The average Bonchev–Trinajstić information content (AvgIpc) is 2.53. The van der Waals surface area contributed by atoms with E-state index in [1.165, 1.54) is 12.2 Å². The Morgan fingerprint density at radius 2 is 2.50 bits per heavy atom. The quantitative estimate of drug-likeness (QED) is 0.698. The SMILES string of the molecule is CSCCCn1cnc(CN)c1. The zero-order chi connectivity index (χ0) is 8.81. The van der Waals surface area contributed by atoms with Crippen LogP contribution >= 0.6 is 11.8 Å². The molecule has 0 fully saturated rings. The zero-order valence-electron chi connectivity index (χ0n) is 7.36. The molecule has 1 heterocycles. The Morgan fingerprint density at radius 1 is 1.67 bits per heavy atom. The van der Waals surface area contributed by atoms with Crippen LogP contribution in [0.1, 0.15) is 12.1 Å². The lowest BCUT2D eigenvalue weighted by Gasteiger charge is -1.98. The highest BCUT2D eigenvalue weighted by atomic mass is 32.2. The van der Waals surface area contributed by atoms with Crippen LogP contribution in [-0.4, -0.2) is 21.6 Å². The third-order valence-electron chi connectivity index (χ3n) is 1.66. The van der Waals surface area contributed by atoms with Crippen LogP contribution < -0.4 is 5.73 Å². The van der Waals surface area contributed by atoms with Crippen LogP contribution in [0.2, 0.25) is 0 Å². The van der Waals surface area contributed by atoms with Crippen molar-refractivity contribution in [2.45, 2.75) is 19.5 Å². The van der Waals surface area contributed by atoms with Crippen molar-refractivity contribution in [1.29, 1.82) is 0 Å². The molecule has 0 atom stereocenters. The summed E-state index contributed by atoms with van der Waals surface area (Å²) in [7, 11) is 0. The minimum absolute atomic E-state index is 0.537. The predicted octanol–water partition coefficient (Wildman–Crippen LogP) is 1.09. The summed E-state index contributed by atoms with van der Waals surface area (Å²) < 4.78 is 2.10. The van der Waals surface area contributed by atoms with Crippen molar-refractivity contribution in [3.05, 3.63) is 18.2 Å². The summed E-state index contributed by atoms with van der Waals surface area (Å²) in [5.74, 6) is 1.20. The maximum absolute atomic E-state index is 5.44. The minimum Gasteiger partial charge on any atom is -0.337 e. The van der Waals surface area contributed by atoms with Gasteiger partial charge < -0.3 is 10.3 Å². The molecule has 0 aromatic carbocycles. The van der Waals surface area contributed by atoms with Gasteiger partial charge in [-0.3, -0.25) is 0 Å². The Bertz CT molecular complexity index is 222. The van der Waals surface area contributed by atoms with Crippen LogP contribution in [0.5, 0.6) is 0 Å². The molecule has 12 heavy (non-hydrogen) atoms. The highest BCUT2D eigenvalue weighted by molar-refractivity contribution is 7.98. The molecule has 1 rings (SSSR count). The molecule has 0 saturated heterocycles. The first-order valence-corrected chi connectivity index (χ1v) is 5.46. The third-order valence-corrected chi connectivity index (χ3v) is 2.36. The lowest BCUT2D eigenvalue weighted by atomic mass is 10.4. The number of thioether (sulfide) groups is 1. The molecule has 0 aliphatic carbocycles. The van der Waals surface area contributed by atoms with Crippen molar-refractivity contribution in [2.75, 3.05) is 12.0 Å². The number of nitrogens with two attached hydrogens (primary N) is 1. The minimum atomic E-state index is 0.537. The lowest BCUT2D eigenvalue weighted by molar-refractivity contribution is 0.683. The maximum atomic E-state index is 5.44. The predicted molar refractivity (Wildman–Crippen MR) is 53.1 cm³/mol. The van der Waals surface area contributed by atoms with Crippen LogP contribution in [0.25, 0.3) is 0 Å². The summed E-state index contributed by atoms with van der Waals surface area (Å²) in [6.07, 6.45) is 7.18. The van der Waals surface area contributed by atoms with E-state index in [4.69, 9.17) is 5.73 Å². The number of aromatic nitrogens is 2. The molecule has 0 bridgehead atoms. The van der Waals surface area contributed by atoms with E-state index < -0.39 is 0 Å². The first-order chi connectivity index (χ1) is 5.86. The van der Waals surface area contributed by atoms with Gasteiger partial charge in [0.1, 0.15) is 0 Å². The van der Waals surface area contributed by atoms with Crippen molar-refractivity contribution in [3.8, 4) is 0 Å². The van der Waals surface area contributed by atoms with Crippen molar-refractivity contribution in [1.82, 2.24) is 9.55 Å². The van der Waals surface area contributed by atoms with Gasteiger partial charge in [0.15, 0.2) is 0 Å². The number of nitrogens with zero attached hydrogens (tertiary/aromatic N) is 2. The van der Waals surface area contributed by atoms with E-state index in [-0.39, 0.29) is 0 Å². The summed E-state index contributed by atoms with van der Waals surface area (Å²) in [6.45, 7) is 1.59. The zero-order valence-corrected chi connectivity index (χ0v) is 8.18. The van der Waals surface area contributed by atoms with Gasteiger partial charge in [-0.05, 0) is 18.4 Å². The Kier molecular flexibility index (Phi) is 4.18. The maximum Gasteiger partial charge on any atom is 0.0949 e. The first-order valence-electron chi connectivity index (χ1n) is 4.06. The smallest absolute Gasteiger partial charge is 0.0949 e. The standard InChI is InChI=1S/C8H15N3S/c1-12-4-2-3-11-6-8(5-9)10-7-11/h6-7H,2-5,9H2,1H3. The topological polar surface area (TPSA) is 43.8 Å². The fourth-order valence-electron chi connectivity index (χ4n) is 1.03. The van der Waals surface area contributed by atoms with Crippen molar-refractivity contribution < 1.29 is 0 Å². The Labute approximate surface area is 77.4 Å². The number of rotatable bonds is 5. The molecule has 0 aliphatic heterocycles. The van der Waals surface area contributed by atoms with E-state index >= 15 is 0 Å². The average molecular weight is 185 g/mol. The molecular formula is C8H15N3S. The molecule has 1 aromatic rings. The monoisotopic (exact) mass is 185 g/mol. The molecule has 68 valence electrons. The van der Waals surface area contributed by atoms with Gasteiger partial charge in [-0.15, -0.1) is 0 Å². The summed E-state index contributed by atoms with van der Waals surface area (Å²) in [5.41, 5.74) is 6.41. The van der Waals surface area contributed by atoms with E-state index in [1.54, 1.807) is 0 Å². The van der Waals surface area contributed by atoms with Gasteiger partial charge in [0.25, 0.3) is 0 Å². The van der Waals surface area contributed by atoms with E-state index in [9.17, 15) is 0 Å². The normalized spacial score (nSPS) is 10.5. The molecule has 2 N–H and O–H groups in total. The third kappa shape index (κ3) is 2.87. The second kappa shape index (κ2) is 5.22. The van der Waals surface area contributed by atoms with Gasteiger partial charge in [0.2, 0.25) is 0 Å². The number of aryl methyl sites for hydroxylation is 1. The Balaban J connectivity index is 2.31. The second-order valence-corrected chi connectivity index (χ2v) is 3.64. The molecule has 0 spiro atoms. The van der Waals surface area contributed by atoms with Crippen molar-refractivity contribution in [3.63, 3.8) is 0 Å². The van der Waals surface area contributed by atoms with E-state index in [0.29, 0.717) is 6.54 Å². The van der Waals surface area contributed by atoms with Gasteiger partial charge in [-0.25, -0.2) is 4.98 Å². The lowest BCUT2D eigenvalue weighted by Crippen LogP contribution is -1.97. The van der Waals surface area contributed by atoms with E-state index in [1.807, 2.05) is 24.3 Å². The summed E-state index contributed by atoms with van der Waals surface area (Å²) >= 11 is 1.87. The summed E-state index contributed by atoms with van der Waals surface area (Å²) in [4.78, 5) is 4.14. The fraction of sp³-hybridized carbons (Fsp3) is 0.625. The highest BCUT2D eigenvalue weighted by Crippen LogP contribution is 2.00. The molecule has 0 radical (unpaired) electrons. The second-order valence-electron chi connectivity index (χ2n) is 2.65. The van der Waals surface area contributed by atoms with E-state index in [0.717, 1.165) is 12.2 Å². The molecule has 0 saturated carbocycles. The van der Waals surface area contributed by atoms with Gasteiger partial charge in [0, 0.05) is 19.3 Å². The molecule has 0 unspecified atom stereocenters. The van der Waals surface area contributed by atoms with Crippen LogP contribution in [0, 0.1) is 0 Å². The number of hydrogen-bond acceptors (Lipinski definition) is 3. The van der Waals surface area contributed by atoms with E-state index in [2.05, 4.69) is 15.8 Å². The van der Waals surface area contributed by atoms with Gasteiger partial charge in [-0.2, -0.15) is 11.8 Å². The van der Waals surface area contributed by atoms with Crippen LogP contribution in [0.15, 0.2) is 12.5 Å². The van der Waals surface area contributed by atoms with Crippen LogP contribution in [0.4, 0.5) is 0 Å². The largest absolute Gasteiger partial charge is 0.337 e. The summed E-state index contributed by atoms with van der Waals surface area (Å²) in [6, 6.07) is 0. The van der Waals surface area contributed by atoms with Gasteiger partial charge in [-0.1, -0.05) is 0 Å². The molecule has 3 nitrogen and oxygen atoms in total. The molecule has 4 heteroatoms. The van der Waals surface area contributed by atoms with Gasteiger partial charge in [0.05, 0.1) is 12.0 Å². The molecular weight excluding hydrogens is 170 g/mol. The number of hydrogen-bond donors (Lipinski definition) is 1. The molecule has 0 aliphatic rings. The number of imidazole rings is 1. The fourth-order valence-corrected chi connectivity index (χ4v) is 1.44.